The van der Waals surface area contributed by atoms with Crippen molar-refractivity contribution in [2.75, 3.05) is 0 Å². The largest absolute Gasteiger partial charge is 0.389 e. The summed E-state index contributed by atoms with van der Waals surface area (Å²) in [4.78, 5) is 4.24. The van der Waals surface area contributed by atoms with Crippen molar-refractivity contribution in [3.63, 3.8) is 0 Å². The van der Waals surface area contributed by atoms with E-state index < -0.39 is 6.10 Å². The molecule has 16 heavy (non-hydrogen) atoms. The molecule has 5 nitrogen and oxygen atoms in total. The van der Waals surface area contributed by atoms with Gasteiger partial charge in [0, 0.05) is 13.2 Å². The zero-order chi connectivity index (χ0) is 11.5. The van der Waals surface area contributed by atoms with E-state index in [0.717, 1.165) is 15.7 Å². The van der Waals surface area contributed by atoms with E-state index in [1.165, 1.54) is 11.8 Å². The van der Waals surface area contributed by atoms with Gasteiger partial charge in [0.15, 0.2) is 5.16 Å². The Bertz CT molecular complexity index is 466. The molecule has 0 aliphatic heterocycles. The highest BCUT2D eigenvalue weighted by Gasteiger charge is 2.06. The minimum absolute atomic E-state index is 0.485. The summed E-state index contributed by atoms with van der Waals surface area (Å²) in [5.41, 5.74) is 0.808. The highest BCUT2D eigenvalue weighted by Crippen LogP contribution is 2.23. The number of aliphatic hydroxyl groups is 1. The van der Waals surface area contributed by atoms with Gasteiger partial charge in [-0.2, -0.15) is 0 Å². The average molecular weight is 236 g/mol. The van der Waals surface area contributed by atoms with Crippen LogP contribution in [0, 0.1) is 0 Å². The lowest BCUT2D eigenvalue weighted by molar-refractivity contribution is 0.198. The van der Waals surface area contributed by atoms with Crippen molar-refractivity contribution in [3.8, 4) is 0 Å². The van der Waals surface area contributed by atoms with Crippen LogP contribution in [-0.4, -0.2) is 24.9 Å². The fourth-order valence-electron chi connectivity index (χ4n) is 1.16. The summed E-state index contributed by atoms with van der Waals surface area (Å²) < 4.78 is 1.83. The molecule has 0 radical (unpaired) electrons. The van der Waals surface area contributed by atoms with Crippen molar-refractivity contribution in [2.45, 2.75) is 23.2 Å². The Kier molecular flexibility index (Phi) is 3.21. The van der Waals surface area contributed by atoms with E-state index >= 15 is 0 Å². The van der Waals surface area contributed by atoms with Gasteiger partial charge in [0.2, 0.25) is 0 Å². The summed E-state index contributed by atoms with van der Waals surface area (Å²) >= 11 is 1.44. The van der Waals surface area contributed by atoms with Crippen LogP contribution in [0.15, 0.2) is 34.8 Å². The number of aliphatic hydroxyl groups excluding tert-OH is 1. The van der Waals surface area contributed by atoms with Gasteiger partial charge in [0.25, 0.3) is 0 Å². The monoisotopic (exact) mass is 236 g/mol. The number of hydrogen-bond donors (Lipinski definition) is 1. The van der Waals surface area contributed by atoms with Gasteiger partial charge in [-0.25, -0.2) is 4.98 Å². The molecule has 0 amide bonds. The third-order valence-electron chi connectivity index (χ3n) is 2.11. The van der Waals surface area contributed by atoms with Crippen LogP contribution in [0.5, 0.6) is 0 Å². The second-order valence-electron chi connectivity index (χ2n) is 3.43. The Morgan fingerprint density at radius 2 is 2.25 bits per heavy atom. The summed E-state index contributed by atoms with van der Waals surface area (Å²) in [6.45, 7) is 1.71. The summed E-state index contributed by atoms with van der Waals surface area (Å²) in [5, 5.41) is 18.7. The van der Waals surface area contributed by atoms with E-state index in [1.54, 1.807) is 19.4 Å². The first-order valence-electron chi connectivity index (χ1n) is 4.82. The van der Waals surface area contributed by atoms with Crippen molar-refractivity contribution < 1.29 is 5.11 Å². The Morgan fingerprint density at radius 3 is 2.75 bits per heavy atom. The molecule has 1 atom stereocenters. The van der Waals surface area contributed by atoms with Gasteiger partial charge in [0.1, 0.15) is 11.4 Å². The van der Waals surface area contributed by atoms with Crippen molar-refractivity contribution in [2.24, 2.45) is 7.05 Å². The standard InChI is InChI=1S/C10H12N4OS/c1-7(15)8-3-4-9(11-5-8)16-10-13-12-6-14(10)2/h3-7,15H,1-2H3/t7-/m0/s1. The molecule has 0 bridgehead atoms. The number of aryl methyl sites for hydroxylation is 1. The zero-order valence-corrected chi connectivity index (χ0v) is 9.85. The molecule has 2 rings (SSSR count). The van der Waals surface area contributed by atoms with Crippen LogP contribution in [0.4, 0.5) is 0 Å². The molecule has 0 saturated carbocycles. The van der Waals surface area contributed by atoms with E-state index in [4.69, 9.17) is 0 Å². The summed E-state index contributed by atoms with van der Waals surface area (Å²) in [5.74, 6) is 0. The Morgan fingerprint density at radius 1 is 1.44 bits per heavy atom. The average Bonchev–Trinajstić information content (AvgIpc) is 2.65. The minimum atomic E-state index is -0.485. The molecule has 0 aliphatic rings. The first kappa shape index (κ1) is 11.1. The van der Waals surface area contributed by atoms with Gasteiger partial charge in [-0.3, -0.25) is 0 Å². The third-order valence-corrected chi connectivity index (χ3v) is 3.11. The molecular weight excluding hydrogens is 224 g/mol. The van der Waals surface area contributed by atoms with Crippen LogP contribution >= 0.6 is 11.8 Å². The van der Waals surface area contributed by atoms with E-state index in [1.807, 2.05) is 23.7 Å². The van der Waals surface area contributed by atoms with Gasteiger partial charge in [0.05, 0.1) is 6.10 Å². The zero-order valence-electron chi connectivity index (χ0n) is 9.03. The molecule has 0 unspecified atom stereocenters. The number of nitrogens with zero attached hydrogens (tertiary/aromatic N) is 4. The molecule has 84 valence electrons. The predicted molar refractivity (Wildman–Crippen MR) is 60.0 cm³/mol. The number of rotatable bonds is 3. The lowest BCUT2D eigenvalue weighted by Gasteiger charge is -2.04. The van der Waals surface area contributed by atoms with E-state index in [2.05, 4.69) is 15.2 Å². The maximum Gasteiger partial charge on any atom is 0.197 e. The van der Waals surface area contributed by atoms with Gasteiger partial charge in [-0.15, -0.1) is 10.2 Å². The van der Waals surface area contributed by atoms with Crippen molar-refractivity contribution in [1.29, 1.82) is 0 Å². The molecule has 0 saturated heterocycles. The molecule has 2 aromatic rings. The number of pyridine rings is 1. The third kappa shape index (κ3) is 2.40. The van der Waals surface area contributed by atoms with Crippen LogP contribution < -0.4 is 0 Å². The number of hydrogen-bond acceptors (Lipinski definition) is 5. The predicted octanol–water partition coefficient (Wildman–Crippen LogP) is 1.41. The maximum absolute atomic E-state index is 9.34. The van der Waals surface area contributed by atoms with Crippen molar-refractivity contribution in [3.05, 3.63) is 30.2 Å². The highest BCUT2D eigenvalue weighted by molar-refractivity contribution is 7.99. The second-order valence-corrected chi connectivity index (χ2v) is 4.42. The molecule has 1 N–H and O–H groups in total. The van der Waals surface area contributed by atoms with E-state index in [0.29, 0.717) is 0 Å². The van der Waals surface area contributed by atoms with Crippen LogP contribution in [0.2, 0.25) is 0 Å². The second kappa shape index (κ2) is 4.63. The summed E-state index contributed by atoms with van der Waals surface area (Å²) in [6.07, 6.45) is 2.83. The quantitative estimate of drug-likeness (QED) is 0.873. The summed E-state index contributed by atoms with van der Waals surface area (Å²) in [7, 11) is 1.88. The normalized spacial score (nSPS) is 12.7. The maximum atomic E-state index is 9.34. The Labute approximate surface area is 97.5 Å². The summed E-state index contributed by atoms with van der Waals surface area (Å²) in [6, 6.07) is 3.72. The van der Waals surface area contributed by atoms with Crippen molar-refractivity contribution >= 4 is 11.8 Å². The van der Waals surface area contributed by atoms with Crippen LogP contribution in [0.1, 0.15) is 18.6 Å². The van der Waals surface area contributed by atoms with Gasteiger partial charge < -0.3 is 9.67 Å². The fourth-order valence-corrected chi connectivity index (χ4v) is 1.87. The molecule has 2 heterocycles. The first-order chi connectivity index (χ1) is 7.66. The molecule has 0 spiro atoms. The molecule has 2 aromatic heterocycles. The van der Waals surface area contributed by atoms with Gasteiger partial charge in [-0.05, 0) is 30.3 Å². The molecule has 0 fully saturated rings. The minimum Gasteiger partial charge on any atom is -0.389 e. The fraction of sp³-hybridized carbons (Fsp3) is 0.300. The number of aromatic nitrogens is 4. The van der Waals surface area contributed by atoms with Gasteiger partial charge >= 0.3 is 0 Å². The smallest absolute Gasteiger partial charge is 0.197 e. The van der Waals surface area contributed by atoms with E-state index in [9.17, 15) is 5.11 Å². The van der Waals surface area contributed by atoms with Crippen LogP contribution in [-0.2, 0) is 7.05 Å². The SMILES string of the molecule is C[C@H](O)c1ccc(Sc2nncn2C)nc1. The van der Waals surface area contributed by atoms with E-state index in [-0.39, 0.29) is 0 Å². The highest BCUT2D eigenvalue weighted by atomic mass is 32.2. The molecular formula is C10H12N4OS. The molecule has 6 heteroatoms. The molecule has 0 aliphatic carbocycles. The lowest BCUT2D eigenvalue weighted by Crippen LogP contribution is -1.93. The Hall–Kier alpha value is -1.40. The van der Waals surface area contributed by atoms with Crippen LogP contribution in [0.25, 0.3) is 0 Å². The van der Waals surface area contributed by atoms with Crippen LogP contribution in [0.3, 0.4) is 0 Å². The molecule has 0 aromatic carbocycles. The Balaban J connectivity index is 2.14. The first-order valence-corrected chi connectivity index (χ1v) is 5.64. The topological polar surface area (TPSA) is 63.8 Å². The van der Waals surface area contributed by atoms with Gasteiger partial charge in [-0.1, -0.05) is 6.07 Å². The van der Waals surface area contributed by atoms with Crippen molar-refractivity contribution in [1.82, 2.24) is 19.7 Å². The lowest BCUT2D eigenvalue weighted by atomic mass is 10.2.